The summed E-state index contributed by atoms with van der Waals surface area (Å²) in [7, 11) is 0. The molecule has 0 unspecified atom stereocenters. The number of rotatable bonds is 3. The largest absolute Gasteiger partial charge is 0.327 e. The Morgan fingerprint density at radius 1 is 1.15 bits per heavy atom. The van der Waals surface area contributed by atoms with Crippen LogP contribution in [0.1, 0.15) is 0 Å². The number of nitro benzene ring substituents is 1. The SMILES string of the molecule is O=Nc1cccc(N=O)c1[N+](=O)[O-]. The monoisotopic (exact) mass is 181 g/mol. The minimum Gasteiger partial charge on any atom is -0.258 e. The Balaban J connectivity index is 3.46. The molecule has 0 aliphatic rings. The molecule has 7 nitrogen and oxygen atoms in total. The molecule has 66 valence electrons. The van der Waals surface area contributed by atoms with Crippen molar-refractivity contribution in [2.24, 2.45) is 10.4 Å². The molecule has 0 saturated carbocycles. The van der Waals surface area contributed by atoms with Crippen molar-refractivity contribution in [3.8, 4) is 0 Å². The molecule has 0 heterocycles. The van der Waals surface area contributed by atoms with E-state index in [0.717, 1.165) is 12.1 Å². The summed E-state index contributed by atoms with van der Waals surface area (Å²) < 4.78 is 0. The van der Waals surface area contributed by atoms with Gasteiger partial charge < -0.3 is 0 Å². The third-order valence-corrected chi connectivity index (χ3v) is 1.37. The summed E-state index contributed by atoms with van der Waals surface area (Å²) in [6.45, 7) is 0. The van der Waals surface area contributed by atoms with Crippen LogP contribution in [0.15, 0.2) is 28.6 Å². The van der Waals surface area contributed by atoms with E-state index in [2.05, 4.69) is 10.4 Å². The highest BCUT2D eigenvalue weighted by Gasteiger charge is 2.20. The topological polar surface area (TPSA) is 102 Å². The van der Waals surface area contributed by atoms with Gasteiger partial charge in [0, 0.05) is 0 Å². The highest BCUT2D eigenvalue weighted by atomic mass is 16.6. The third-order valence-electron chi connectivity index (χ3n) is 1.37. The first-order valence-electron chi connectivity index (χ1n) is 3.15. The van der Waals surface area contributed by atoms with E-state index in [9.17, 15) is 19.9 Å². The molecule has 0 spiro atoms. The van der Waals surface area contributed by atoms with Crippen LogP contribution in [0.25, 0.3) is 0 Å². The fourth-order valence-electron chi connectivity index (χ4n) is 0.854. The molecule has 0 aromatic heterocycles. The average molecular weight is 181 g/mol. The fourth-order valence-corrected chi connectivity index (χ4v) is 0.854. The van der Waals surface area contributed by atoms with Crippen molar-refractivity contribution in [1.82, 2.24) is 0 Å². The summed E-state index contributed by atoms with van der Waals surface area (Å²) in [5, 5.41) is 15.2. The second-order valence-electron chi connectivity index (χ2n) is 2.08. The lowest BCUT2D eigenvalue weighted by molar-refractivity contribution is -0.383. The van der Waals surface area contributed by atoms with E-state index >= 15 is 0 Å². The van der Waals surface area contributed by atoms with E-state index in [4.69, 9.17) is 0 Å². The summed E-state index contributed by atoms with van der Waals surface area (Å²) in [6.07, 6.45) is 0. The average Bonchev–Trinajstić information content (AvgIpc) is 2.16. The van der Waals surface area contributed by atoms with E-state index < -0.39 is 22.0 Å². The number of nitrogens with zero attached hydrogens (tertiary/aromatic N) is 3. The zero-order chi connectivity index (χ0) is 9.84. The maximum absolute atomic E-state index is 10.4. The molecule has 0 radical (unpaired) electrons. The molecular weight excluding hydrogens is 178 g/mol. The van der Waals surface area contributed by atoms with Crippen molar-refractivity contribution in [1.29, 1.82) is 0 Å². The Hall–Kier alpha value is -2.18. The van der Waals surface area contributed by atoms with Crippen LogP contribution >= 0.6 is 0 Å². The van der Waals surface area contributed by atoms with Crippen molar-refractivity contribution < 1.29 is 4.92 Å². The van der Waals surface area contributed by atoms with Crippen molar-refractivity contribution in [2.45, 2.75) is 0 Å². The van der Waals surface area contributed by atoms with Gasteiger partial charge >= 0.3 is 5.69 Å². The number of benzene rings is 1. The lowest BCUT2D eigenvalue weighted by atomic mass is 10.2. The second kappa shape index (κ2) is 3.48. The van der Waals surface area contributed by atoms with Crippen LogP contribution in [-0.2, 0) is 0 Å². The molecule has 0 amide bonds. The molecule has 0 N–H and O–H groups in total. The Morgan fingerprint density at radius 2 is 1.62 bits per heavy atom. The Labute approximate surface area is 71.5 Å². The normalized spacial score (nSPS) is 9.23. The van der Waals surface area contributed by atoms with Crippen molar-refractivity contribution in [3.63, 3.8) is 0 Å². The quantitative estimate of drug-likeness (QED) is 0.405. The first-order chi connectivity index (χ1) is 6.20. The molecule has 13 heavy (non-hydrogen) atoms. The van der Waals surface area contributed by atoms with Gasteiger partial charge in [0.15, 0.2) is 11.4 Å². The Bertz CT molecular complexity index is 350. The van der Waals surface area contributed by atoms with Crippen LogP contribution in [-0.4, -0.2) is 4.92 Å². The van der Waals surface area contributed by atoms with Gasteiger partial charge in [0.05, 0.1) is 4.92 Å². The molecule has 0 bridgehead atoms. The van der Waals surface area contributed by atoms with Gasteiger partial charge in [-0.3, -0.25) is 10.1 Å². The van der Waals surface area contributed by atoms with Crippen LogP contribution in [0.3, 0.4) is 0 Å². The standard InChI is InChI=1S/C6H3N3O4/c10-7-4-2-1-3-5(8-11)6(4)9(12)13/h1-3H. The summed E-state index contributed by atoms with van der Waals surface area (Å²) in [4.78, 5) is 29.7. The van der Waals surface area contributed by atoms with Gasteiger partial charge in [-0.2, -0.15) is 0 Å². The predicted molar refractivity (Wildman–Crippen MR) is 44.0 cm³/mol. The molecule has 0 aliphatic carbocycles. The van der Waals surface area contributed by atoms with Gasteiger partial charge in [0.25, 0.3) is 0 Å². The molecule has 0 saturated heterocycles. The summed E-state index contributed by atoms with van der Waals surface area (Å²) in [5.74, 6) is 0. The maximum atomic E-state index is 10.4. The summed E-state index contributed by atoms with van der Waals surface area (Å²) in [5.41, 5.74) is -1.46. The lowest BCUT2D eigenvalue weighted by Gasteiger charge is -1.94. The molecule has 0 fully saturated rings. The van der Waals surface area contributed by atoms with E-state index in [1.807, 2.05) is 0 Å². The van der Waals surface area contributed by atoms with Gasteiger partial charge in [-0.05, 0) is 22.5 Å². The van der Waals surface area contributed by atoms with Crippen molar-refractivity contribution in [3.05, 3.63) is 38.1 Å². The number of para-hydroxylation sites is 1. The molecule has 1 rings (SSSR count). The lowest BCUT2D eigenvalue weighted by Crippen LogP contribution is -1.88. The van der Waals surface area contributed by atoms with Crippen LogP contribution in [0.4, 0.5) is 17.1 Å². The minimum absolute atomic E-state index is 0.401. The molecule has 0 atom stereocenters. The first kappa shape index (κ1) is 8.91. The Kier molecular flexibility index (Phi) is 2.38. The highest BCUT2D eigenvalue weighted by molar-refractivity contribution is 5.71. The van der Waals surface area contributed by atoms with Gasteiger partial charge in [0.2, 0.25) is 0 Å². The third kappa shape index (κ3) is 1.53. The zero-order valence-corrected chi connectivity index (χ0v) is 6.21. The maximum Gasteiger partial charge on any atom is 0.327 e. The van der Waals surface area contributed by atoms with Gasteiger partial charge in [-0.1, -0.05) is 6.07 Å². The van der Waals surface area contributed by atoms with Crippen LogP contribution in [0, 0.1) is 19.9 Å². The number of hydrogen-bond donors (Lipinski definition) is 0. The van der Waals surface area contributed by atoms with E-state index in [-0.39, 0.29) is 0 Å². The highest BCUT2D eigenvalue weighted by Crippen LogP contribution is 2.36. The van der Waals surface area contributed by atoms with Crippen molar-refractivity contribution >= 4 is 17.1 Å². The second-order valence-corrected chi connectivity index (χ2v) is 2.08. The minimum atomic E-state index is -0.868. The summed E-state index contributed by atoms with van der Waals surface area (Å²) in [6, 6.07) is 3.57. The van der Waals surface area contributed by atoms with Gasteiger partial charge in [0.1, 0.15) is 0 Å². The van der Waals surface area contributed by atoms with E-state index in [0.29, 0.717) is 0 Å². The van der Waals surface area contributed by atoms with Crippen LogP contribution in [0.5, 0.6) is 0 Å². The predicted octanol–water partition coefficient (Wildman–Crippen LogP) is 2.39. The fraction of sp³-hybridized carbons (Fsp3) is 0. The van der Waals surface area contributed by atoms with Gasteiger partial charge in [-0.15, -0.1) is 9.81 Å². The number of hydrogen-bond acceptors (Lipinski definition) is 6. The molecule has 1 aromatic carbocycles. The van der Waals surface area contributed by atoms with Crippen molar-refractivity contribution in [2.75, 3.05) is 0 Å². The summed E-state index contributed by atoms with van der Waals surface area (Å²) >= 11 is 0. The zero-order valence-electron chi connectivity index (χ0n) is 6.21. The molecule has 7 heteroatoms. The number of nitro groups is 1. The van der Waals surface area contributed by atoms with Crippen LogP contribution in [0.2, 0.25) is 0 Å². The van der Waals surface area contributed by atoms with Crippen LogP contribution < -0.4 is 0 Å². The number of nitroso groups, excluding NO2 is 2. The molecule has 0 aliphatic heterocycles. The molecule has 1 aromatic rings. The van der Waals surface area contributed by atoms with E-state index in [1.54, 1.807) is 0 Å². The van der Waals surface area contributed by atoms with Gasteiger partial charge in [-0.25, -0.2) is 0 Å². The smallest absolute Gasteiger partial charge is 0.258 e. The first-order valence-corrected chi connectivity index (χ1v) is 3.15. The molecular formula is C6H3N3O4. The van der Waals surface area contributed by atoms with E-state index in [1.165, 1.54) is 6.07 Å². The Morgan fingerprint density at radius 3 is 1.92 bits per heavy atom.